The van der Waals surface area contributed by atoms with Gasteiger partial charge >= 0.3 is 0 Å². The fraction of sp³-hybridized carbons (Fsp3) is 0.405. The lowest BCUT2D eigenvalue weighted by atomic mass is 10.0. The molecule has 0 atom stereocenters. The molecule has 0 spiro atoms. The first-order valence-corrected chi connectivity index (χ1v) is 20.3. The van der Waals surface area contributed by atoms with Gasteiger partial charge < -0.3 is 39.5 Å². The van der Waals surface area contributed by atoms with Gasteiger partial charge in [-0.1, -0.05) is 6.07 Å². The minimum absolute atomic E-state index is 0.00344. The molecule has 2 fully saturated rings. The zero-order valence-electron chi connectivity index (χ0n) is 32.2. The molecule has 6 aromatic heterocycles. The second kappa shape index (κ2) is 18.8. The van der Waals surface area contributed by atoms with Crippen LogP contribution in [0.2, 0.25) is 0 Å². The molecule has 0 aromatic carbocycles. The smallest absolute Gasteiger partial charge is 0.251 e. The van der Waals surface area contributed by atoms with Crippen molar-refractivity contribution < 1.29 is 9.47 Å². The molecule has 13 nitrogen and oxygen atoms in total. The molecule has 0 radical (unpaired) electrons. The highest BCUT2D eigenvalue weighted by atomic mass is 32.1. The number of rotatable bonds is 12. The van der Waals surface area contributed by atoms with E-state index < -0.39 is 0 Å². The van der Waals surface area contributed by atoms with Crippen LogP contribution in [0, 0.1) is 0 Å². The number of pyridine rings is 5. The van der Waals surface area contributed by atoms with E-state index in [-0.39, 0.29) is 11.1 Å². The van der Waals surface area contributed by atoms with Crippen LogP contribution in [0.25, 0.3) is 33.3 Å². The third-order valence-corrected chi connectivity index (χ3v) is 11.5. The predicted molar refractivity (Wildman–Crippen MR) is 223 cm³/mol. The number of aromatic nitrogens is 5. The largest absolute Gasteiger partial charge is 0.495 e. The molecule has 0 bridgehead atoms. The first-order chi connectivity index (χ1) is 27.4. The molecule has 0 amide bonds. The monoisotopic (exact) mass is 777 g/mol. The lowest BCUT2D eigenvalue weighted by molar-refractivity contribution is 0.191. The molecule has 2 aliphatic rings. The molecular weight excluding hydrogens is 727 g/mol. The Morgan fingerprint density at radius 2 is 1.32 bits per heavy atom. The summed E-state index contributed by atoms with van der Waals surface area (Å²) in [6.45, 7) is 7.80. The van der Waals surface area contributed by atoms with E-state index in [1.165, 1.54) is 5.56 Å². The standard InChI is InChI=1S/C26H29N5O2S.C16H22N4O2/c1-33-22-15-25-24(28-17-22)5-6-26(32)31(25)13-12-30-10-7-20(8-11-30)27-16-21-3-2-4-23(29-21)19-9-14-34-18-19;1-22-13-10-15-14(18-11-13)2-3-16(21)20(15)9-8-19-6-4-12(17)5-7-19/h2-6,9,14-15,17-18,20,27H,7-8,10-13,16H2,1H3;2-3,10-12H,4-9,17H2,1H3. The summed E-state index contributed by atoms with van der Waals surface area (Å²) in [4.78, 5) is 43.1. The Morgan fingerprint density at radius 1 is 0.750 bits per heavy atom. The summed E-state index contributed by atoms with van der Waals surface area (Å²) in [6.07, 6.45) is 7.58. The van der Waals surface area contributed by atoms with Crippen molar-refractivity contribution in [2.75, 3.05) is 53.5 Å². The number of piperidine rings is 2. The SMILES string of the molecule is COc1cnc2ccc(=O)n(CCN3CCC(N)CC3)c2c1.COc1cnc2ccc(=O)n(CCN3CCC(NCc4cccc(-c5ccsc5)n4)CC3)c2c1. The van der Waals surface area contributed by atoms with Crippen molar-refractivity contribution in [2.45, 2.75) is 57.4 Å². The van der Waals surface area contributed by atoms with Crippen molar-refractivity contribution in [3.05, 3.63) is 110 Å². The first kappa shape index (κ1) is 39.3. The number of fused-ring (bicyclic) bond motifs is 2. The third-order valence-electron chi connectivity index (χ3n) is 10.8. The number of hydrogen-bond acceptors (Lipinski definition) is 12. The maximum Gasteiger partial charge on any atom is 0.251 e. The van der Waals surface area contributed by atoms with Crippen molar-refractivity contribution >= 4 is 33.4 Å². The number of thiophene rings is 1. The van der Waals surface area contributed by atoms with E-state index in [0.29, 0.717) is 36.7 Å². The van der Waals surface area contributed by atoms with E-state index in [9.17, 15) is 9.59 Å². The van der Waals surface area contributed by atoms with Crippen LogP contribution in [0.3, 0.4) is 0 Å². The van der Waals surface area contributed by atoms with E-state index in [1.54, 1.807) is 71.3 Å². The van der Waals surface area contributed by atoms with E-state index >= 15 is 0 Å². The van der Waals surface area contributed by atoms with Crippen LogP contribution in [-0.4, -0.2) is 99.5 Å². The Hall–Kier alpha value is -4.99. The lowest BCUT2D eigenvalue weighted by Gasteiger charge is -2.32. The second-order valence-electron chi connectivity index (χ2n) is 14.4. The Morgan fingerprint density at radius 3 is 1.86 bits per heavy atom. The highest BCUT2D eigenvalue weighted by Gasteiger charge is 2.20. The van der Waals surface area contributed by atoms with Gasteiger partial charge in [-0.25, -0.2) is 0 Å². The molecule has 8 rings (SSSR count). The molecule has 0 aliphatic carbocycles. The highest BCUT2D eigenvalue weighted by molar-refractivity contribution is 7.08. The van der Waals surface area contributed by atoms with E-state index in [2.05, 4.69) is 60.1 Å². The van der Waals surface area contributed by atoms with Crippen molar-refractivity contribution in [1.82, 2.24) is 39.2 Å². The van der Waals surface area contributed by atoms with Crippen LogP contribution >= 0.6 is 11.3 Å². The van der Waals surface area contributed by atoms with E-state index in [4.69, 9.17) is 20.2 Å². The number of nitrogens with one attached hydrogen (secondary N) is 1. The van der Waals surface area contributed by atoms with Gasteiger partial charge in [0.1, 0.15) is 11.5 Å². The topological polar surface area (TPSA) is 146 Å². The summed E-state index contributed by atoms with van der Waals surface area (Å²) in [5, 5.41) is 7.90. The van der Waals surface area contributed by atoms with Gasteiger partial charge in [0, 0.05) is 80.0 Å². The maximum atomic E-state index is 12.5. The molecule has 2 saturated heterocycles. The molecule has 0 unspecified atom stereocenters. The van der Waals surface area contributed by atoms with Crippen molar-refractivity contribution in [2.24, 2.45) is 5.73 Å². The molecule has 8 heterocycles. The Labute approximate surface area is 330 Å². The molecule has 6 aromatic rings. The summed E-state index contributed by atoms with van der Waals surface area (Å²) in [6, 6.07) is 19.6. The molecule has 56 heavy (non-hydrogen) atoms. The number of nitrogens with two attached hydrogens (primary N) is 1. The van der Waals surface area contributed by atoms with Gasteiger partial charge in [0.2, 0.25) is 0 Å². The van der Waals surface area contributed by atoms with Crippen LogP contribution in [-0.2, 0) is 19.6 Å². The molecule has 2 aliphatic heterocycles. The van der Waals surface area contributed by atoms with Crippen LogP contribution in [0.4, 0.5) is 0 Å². The molecule has 14 heteroatoms. The van der Waals surface area contributed by atoms with Crippen LogP contribution in [0.15, 0.2) is 93.4 Å². The highest BCUT2D eigenvalue weighted by Crippen LogP contribution is 2.21. The average molecular weight is 778 g/mol. The van der Waals surface area contributed by atoms with Crippen LogP contribution in [0.5, 0.6) is 11.5 Å². The number of ether oxygens (including phenoxy) is 2. The summed E-state index contributed by atoms with van der Waals surface area (Å²) in [7, 11) is 3.22. The molecule has 294 valence electrons. The first-order valence-electron chi connectivity index (χ1n) is 19.4. The Kier molecular flexibility index (Phi) is 13.2. The number of likely N-dealkylation sites (tertiary alicyclic amines) is 2. The van der Waals surface area contributed by atoms with E-state index in [0.717, 1.165) is 105 Å². The van der Waals surface area contributed by atoms with E-state index in [1.807, 2.05) is 12.1 Å². The summed E-state index contributed by atoms with van der Waals surface area (Å²) < 4.78 is 14.1. The third kappa shape index (κ3) is 9.87. The average Bonchev–Trinajstić information content (AvgIpc) is 3.79. The normalized spacial score (nSPS) is 15.8. The minimum Gasteiger partial charge on any atom is -0.495 e. The van der Waals surface area contributed by atoms with Gasteiger partial charge in [0.25, 0.3) is 11.1 Å². The second-order valence-corrected chi connectivity index (χ2v) is 15.2. The Balaban J connectivity index is 0.000000189. The van der Waals surface area contributed by atoms with Crippen molar-refractivity contribution in [3.63, 3.8) is 0 Å². The fourth-order valence-electron chi connectivity index (χ4n) is 7.40. The zero-order valence-corrected chi connectivity index (χ0v) is 33.0. The maximum absolute atomic E-state index is 12.5. The minimum atomic E-state index is -0.00346. The number of methoxy groups -OCH3 is 2. The van der Waals surface area contributed by atoms with Gasteiger partial charge in [-0.2, -0.15) is 11.3 Å². The van der Waals surface area contributed by atoms with Gasteiger partial charge in [0.05, 0.1) is 60.1 Å². The number of nitrogens with zero attached hydrogens (tertiary/aromatic N) is 7. The van der Waals surface area contributed by atoms with Gasteiger partial charge in [-0.3, -0.25) is 24.5 Å². The van der Waals surface area contributed by atoms with Gasteiger partial charge in [0.15, 0.2) is 0 Å². The van der Waals surface area contributed by atoms with Gasteiger partial charge in [-0.05, 0) is 87.6 Å². The summed E-state index contributed by atoms with van der Waals surface area (Å²) in [5.74, 6) is 1.32. The van der Waals surface area contributed by atoms with Crippen molar-refractivity contribution in [1.29, 1.82) is 0 Å². The lowest BCUT2D eigenvalue weighted by Crippen LogP contribution is -2.43. The molecule has 0 saturated carbocycles. The Bertz CT molecular complexity index is 2310. The summed E-state index contributed by atoms with van der Waals surface area (Å²) in [5.41, 5.74) is 12.5. The number of hydrogen-bond donors (Lipinski definition) is 2. The van der Waals surface area contributed by atoms with Crippen LogP contribution < -0.4 is 31.6 Å². The molecular formula is C42H51N9O4S. The fourth-order valence-corrected chi connectivity index (χ4v) is 8.05. The van der Waals surface area contributed by atoms with Gasteiger partial charge in [-0.15, -0.1) is 0 Å². The predicted octanol–water partition coefficient (Wildman–Crippen LogP) is 4.61. The summed E-state index contributed by atoms with van der Waals surface area (Å²) >= 11 is 1.69. The van der Waals surface area contributed by atoms with Crippen LogP contribution in [0.1, 0.15) is 31.4 Å². The zero-order chi connectivity index (χ0) is 38.9. The molecule has 3 N–H and O–H groups in total. The van der Waals surface area contributed by atoms with Crippen molar-refractivity contribution in [3.8, 4) is 22.8 Å². The quantitative estimate of drug-likeness (QED) is 0.180.